The molecule has 2 aliphatic carbocycles. The number of ether oxygens (including phenoxy) is 1. The fourth-order valence-corrected chi connectivity index (χ4v) is 6.86. The molecule has 208 valence electrons. The minimum Gasteiger partial charge on any atom is -0.452 e. The third-order valence-electron chi connectivity index (χ3n) is 8.61. The van der Waals surface area contributed by atoms with Crippen molar-refractivity contribution in [3.63, 3.8) is 0 Å². The standard InChI is InChI=1S/C31H27N3O7/c1-17-10-11-21(15-25(17)34(39)40)32-26(35)16-41-31(38)19-8-5-9-22(12-19)33-29(36)27-20-13-23(18-6-3-2-4-7-18)24(14-20)28(27)30(33)37/h2-12,15,20,23-24,27-28H,13-14,16H2,1H3,(H,32,35)/t20-,23+,24+,27+,28-/m0/s1. The Balaban J connectivity index is 1.12. The summed E-state index contributed by atoms with van der Waals surface area (Å²) in [7, 11) is 0. The number of hydrogen-bond donors (Lipinski definition) is 1. The molecule has 6 rings (SSSR count). The number of esters is 1. The lowest BCUT2D eigenvalue weighted by molar-refractivity contribution is -0.385. The van der Waals surface area contributed by atoms with E-state index in [9.17, 15) is 29.3 Å². The highest BCUT2D eigenvalue weighted by atomic mass is 16.6. The van der Waals surface area contributed by atoms with Crippen molar-refractivity contribution in [2.24, 2.45) is 23.7 Å². The summed E-state index contributed by atoms with van der Waals surface area (Å²) in [6.07, 6.45) is 1.75. The third kappa shape index (κ3) is 4.65. The largest absolute Gasteiger partial charge is 0.452 e. The van der Waals surface area contributed by atoms with Crippen molar-refractivity contribution in [2.75, 3.05) is 16.8 Å². The average Bonchev–Trinajstić information content (AvgIpc) is 3.64. The van der Waals surface area contributed by atoms with Crippen molar-refractivity contribution in [2.45, 2.75) is 25.7 Å². The molecule has 0 spiro atoms. The first-order chi connectivity index (χ1) is 19.7. The summed E-state index contributed by atoms with van der Waals surface area (Å²) < 4.78 is 5.14. The summed E-state index contributed by atoms with van der Waals surface area (Å²) in [5.41, 5.74) is 2.09. The van der Waals surface area contributed by atoms with Crippen LogP contribution in [0.5, 0.6) is 0 Å². The van der Waals surface area contributed by atoms with E-state index in [1.165, 1.54) is 40.8 Å². The van der Waals surface area contributed by atoms with Crippen LogP contribution < -0.4 is 10.2 Å². The summed E-state index contributed by atoms with van der Waals surface area (Å²) in [5.74, 6) is -2.14. The number of amides is 3. The molecule has 10 nitrogen and oxygen atoms in total. The van der Waals surface area contributed by atoms with E-state index in [0.29, 0.717) is 11.3 Å². The summed E-state index contributed by atoms with van der Waals surface area (Å²) >= 11 is 0. The Morgan fingerprint density at radius 2 is 1.73 bits per heavy atom. The van der Waals surface area contributed by atoms with Crippen LogP contribution in [0, 0.1) is 40.7 Å². The molecular weight excluding hydrogens is 526 g/mol. The first kappa shape index (κ1) is 26.4. The molecule has 41 heavy (non-hydrogen) atoms. The van der Waals surface area contributed by atoms with Crippen LogP contribution in [-0.2, 0) is 19.1 Å². The first-order valence-electron chi connectivity index (χ1n) is 13.5. The SMILES string of the molecule is Cc1ccc(NC(=O)COC(=O)c2cccc(N3C(=O)[C@@H]4[C@@H]5C[C@@H]([C@@H]4C3=O)[C@@H](c3ccccc3)C5)c2)cc1[N+](=O)[O-]. The number of carbonyl (C=O) groups excluding carboxylic acids is 4. The molecule has 1 aliphatic heterocycles. The molecule has 3 fully saturated rings. The number of benzene rings is 3. The molecule has 3 aliphatic rings. The number of anilines is 2. The first-order valence-corrected chi connectivity index (χ1v) is 13.5. The molecule has 10 heteroatoms. The van der Waals surface area contributed by atoms with Crippen molar-refractivity contribution in [3.05, 3.63) is 99.6 Å². The van der Waals surface area contributed by atoms with Gasteiger partial charge in [0.1, 0.15) is 0 Å². The smallest absolute Gasteiger partial charge is 0.338 e. The molecule has 0 unspecified atom stereocenters. The van der Waals surface area contributed by atoms with Gasteiger partial charge in [-0.3, -0.25) is 29.4 Å². The maximum absolute atomic E-state index is 13.6. The zero-order valence-corrected chi connectivity index (χ0v) is 22.2. The molecule has 3 aromatic carbocycles. The number of nitro groups is 1. The van der Waals surface area contributed by atoms with Gasteiger partial charge < -0.3 is 10.1 Å². The van der Waals surface area contributed by atoms with E-state index in [1.807, 2.05) is 18.2 Å². The Morgan fingerprint density at radius 3 is 2.49 bits per heavy atom. The molecule has 3 amide bonds. The zero-order valence-electron chi connectivity index (χ0n) is 22.2. The molecule has 0 radical (unpaired) electrons. The Hall–Kier alpha value is -4.86. The van der Waals surface area contributed by atoms with Gasteiger partial charge in [0.2, 0.25) is 11.8 Å². The van der Waals surface area contributed by atoms with Gasteiger partial charge in [-0.1, -0.05) is 42.5 Å². The third-order valence-corrected chi connectivity index (χ3v) is 8.61. The minimum absolute atomic E-state index is 0.0871. The summed E-state index contributed by atoms with van der Waals surface area (Å²) in [4.78, 5) is 64.0. The van der Waals surface area contributed by atoms with E-state index >= 15 is 0 Å². The van der Waals surface area contributed by atoms with Crippen LogP contribution in [0.15, 0.2) is 72.8 Å². The van der Waals surface area contributed by atoms with E-state index in [1.54, 1.807) is 19.1 Å². The monoisotopic (exact) mass is 553 g/mol. The lowest BCUT2D eigenvalue weighted by Crippen LogP contribution is -2.33. The Labute approximate surface area is 235 Å². The van der Waals surface area contributed by atoms with Crippen LogP contribution >= 0.6 is 0 Å². The van der Waals surface area contributed by atoms with Crippen molar-refractivity contribution in [1.29, 1.82) is 0 Å². The summed E-state index contributed by atoms with van der Waals surface area (Å²) in [6, 6.07) is 20.5. The number of fused-ring (bicyclic) bond motifs is 5. The number of aryl methyl sites for hydroxylation is 1. The predicted octanol–water partition coefficient (Wildman–Crippen LogP) is 4.63. The van der Waals surface area contributed by atoms with E-state index in [2.05, 4.69) is 17.4 Å². The van der Waals surface area contributed by atoms with Crippen molar-refractivity contribution < 1.29 is 28.8 Å². The topological polar surface area (TPSA) is 136 Å². The zero-order chi connectivity index (χ0) is 28.8. The second kappa shape index (κ2) is 10.3. The molecule has 1 N–H and O–H groups in total. The van der Waals surface area contributed by atoms with Gasteiger partial charge in [0.15, 0.2) is 6.61 Å². The van der Waals surface area contributed by atoms with Crippen LogP contribution in [0.2, 0.25) is 0 Å². The molecule has 2 bridgehead atoms. The van der Waals surface area contributed by atoms with Crippen molar-refractivity contribution in [3.8, 4) is 0 Å². The average molecular weight is 554 g/mol. The van der Waals surface area contributed by atoms with Crippen LogP contribution in [0.3, 0.4) is 0 Å². The Morgan fingerprint density at radius 1 is 0.976 bits per heavy atom. The lowest BCUT2D eigenvalue weighted by Gasteiger charge is -2.28. The molecule has 0 aromatic heterocycles. The van der Waals surface area contributed by atoms with Crippen LogP contribution in [0.4, 0.5) is 17.1 Å². The fraction of sp³-hybridized carbons (Fsp3) is 0.290. The van der Waals surface area contributed by atoms with Gasteiger partial charge in [0.25, 0.3) is 11.6 Å². The molecule has 2 saturated carbocycles. The molecule has 3 aromatic rings. The minimum atomic E-state index is -0.805. The van der Waals surface area contributed by atoms with Crippen molar-refractivity contribution in [1.82, 2.24) is 0 Å². The van der Waals surface area contributed by atoms with Gasteiger partial charge in [-0.15, -0.1) is 0 Å². The molecule has 1 saturated heterocycles. The highest BCUT2D eigenvalue weighted by Gasteiger charge is 2.64. The normalized spacial score (nSPS) is 24.3. The van der Waals surface area contributed by atoms with E-state index in [4.69, 9.17) is 4.74 Å². The van der Waals surface area contributed by atoms with Gasteiger partial charge in [0, 0.05) is 17.3 Å². The number of nitrogens with zero attached hydrogens (tertiary/aromatic N) is 2. The van der Waals surface area contributed by atoms with Gasteiger partial charge in [-0.25, -0.2) is 4.79 Å². The lowest BCUT2D eigenvalue weighted by atomic mass is 9.73. The quantitative estimate of drug-likeness (QED) is 0.195. The van der Waals surface area contributed by atoms with E-state index < -0.39 is 23.4 Å². The van der Waals surface area contributed by atoms with Gasteiger partial charge >= 0.3 is 5.97 Å². The summed E-state index contributed by atoms with van der Waals surface area (Å²) in [5, 5.41) is 13.6. The maximum atomic E-state index is 13.6. The number of imide groups is 1. The molecule has 5 atom stereocenters. The van der Waals surface area contributed by atoms with Gasteiger partial charge in [0.05, 0.1) is 28.0 Å². The molecule has 1 heterocycles. The highest BCUT2D eigenvalue weighted by Crippen LogP contribution is 2.61. The number of carbonyl (C=O) groups is 4. The fourth-order valence-electron chi connectivity index (χ4n) is 6.86. The van der Waals surface area contributed by atoms with E-state index in [0.717, 1.165) is 12.8 Å². The predicted molar refractivity (Wildman–Crippen MR) is 148 cm³/mol. The number of rotatable bonds is 7. The van der Waals surface area contributed by atoms with Crippen molar-refractivity contribution >= 4 is 40.8 Å². The van der Waals surface area contributed by atoms with E-state index in [-0.39, 0.29) is 58.3 Å². The van der Waals surface area contributed by atoms with Crippen LogP contribution in [0.1, 0.15) is 40.2 Å². The van der Waals surface area contributed by atoms with Gasteiger partial charge in [-0.2, -0.15) is 0 Å². The maximum Gasteiger partial charge on any atom is 0.338 e. The van der Waals surface area contributed by atoms with Crippen LogP contribution in [0.25, 0.3) is 0 Å². The number of nitrogens with one attached hydrogen (secondary N) is 1. The Bertz CT molecular complexity index is 1590. The Kier molecular flexibility index (Phi) is 6.61. The second-order valence-corrected chi connectivity index (χ2v) is 10.9. The number of hydrogen-bond acceptors (Lipinski definition) is 7. The highest BCUT2D eigenvalue weighted by molar-refractivity contribution is 6.23. The van der Waals surface area contributed by atoms with Gasteiger partial charge in [-0.05, 0) is 67.3 Å². The molecular formula is C31H27N3O7. The second-order valence-electron chi connectivity index (χ2n) is 10.9. The number of nitro benzene ring substituents is 1. The summed E-state index contributed by atoms with van der Waals surface area (Å²) in [6.45, 7) is 0.960. The van der Waals surface area contributed by atoms with Crippen LogP contribution in [-0.4, -0.2) is 35.2 Å².